The Balaban J connectivity index is 2.23. The summed E-state index contributed by atoms with van der Waals surface area (Å²) in [4.78, 5) is 14.6. The molecular weight excluding hydrogens is 198 g/mol. The van der Waals surface area contributed by atoms with Crippen LogP contribution in [0.4, 0.5) is 0 Å². The van der Waals surface area contributed by atoms with E-state index in [4.69, 9.17) is 14.3 Å². The van der Waals surface area contributed by atoms with E-state index in [0.717, 1.165) is 12.8 Å². The highest BCUT2D eigenvalue weighted by molar-refractivity contribution is 5.84. The first-order valence-corrected chi connectivity index (χ1v) is 4.89. The summed E-state index contributed by atoms with van der Waals surface area (Å²) in [7, 11) is 0. The lowest BCUT2D eigenvalue weighted by Crippen LogP contribution is -2.31. The standard InChI is InChI=1S/C10H13NO4/c1-10(2-4-14-5-3-10)9-11-7(6-15-9)8(12)13/h6H,2-5H2,1H3,(H,12,13). The highest BCUT2D eigenvalue weighted by Gasteiger charge is 2.34. The maximum atomic E-state index is 10.7. The molecule has 15 heavy (non-hydrogen) atoms. The van der Waals surface area contributed by atoms with Gasteiger partial charge in [-0.05, 0) is 12.8 Å². The van der Waals surface area contributed by atoms with Gasteiger partial charge in [-0.25, -0.2) is 9.78 Å². The van der Waals surface area contributed by atoms with Crippen LogP contribution in [0.1, 0.15) is 36.1 Å². The van der Waals surface area contributed by atoms with Crippen molar-refractivity contribution in [1.29, 1.82) is 0 Å². The molecule has 0 amide bonds. The Morgan fingerprint density at radius 1 is 1.53 bits per heavy atom. The molecule has 1 saturated heterocycles. The number of hydrogen-bond donors (Lipinski definition) is 1. The third-order valence-corrected chi connectivity index (χ3v) is 2.84. The third-order valence-electron chi connectivity index (χ3n) is 2.84. The highest BCUT2D eigenvalue weighted by atomic mass is 16.5. The third kappa shape index (κ3) is 1.87. The van der Waals surface area contributed by atoms with E-state index in [9.17, 15) is 4.79 Å². The molecule has 1 aromatic heterocycles. The summed E-state index contributed by atoms with van der Waals surface area (Å²) in [6, 6.07) is 0. The van der Waals surface area contributed by atoms with Gasteiger partial charge in [-0.15, -0.1) is 0 Å². The minimum Gasteiger partial charge on any atom is -0.476 e. The molecule has 0 aromatic carbocycles. The van der Waals surface area contributed by atoms with Crippen LogP contribution in [0.5, 0.6) is 0 Å². The second-order valence-electron chi connectivity index (χ2n) is 4.02. The Morgan fingerprint density at radius 2 is 2.20 bits per heavy atom. The van der Waals surface area contributed by atoms with Gasteiger partial charge in [0.2, 0.25) is 5.89 Å². The van der Waals surface area contributed by atoms with E-state index in [1.807, 2.05) is 6.92 Å². The van der Waals surface area contributed by atoms with Crippen molar-refractivity contribution in [3.8, 4) is 0 Å². The number of carboxylic acids is 1. The Kier molecular flexibility index (Phi) is 2.48. The van der Waals surface area contributed by atoms with Crippen molar-refractivity contribution in [1.82, 2.24) is 4.98 Å². The lowest BCUT2D eigenvalue weighted by atomic mass is 9.82. The normalized spacial score (nSPS) is 20.1. The monoisotopic (exact) mass is 211 g/mol. The van der Waals surface area contributed by atoms with Crippen molar-refractivity contribution >= 4 is 5.97 Å². The van der Waals surface area contributed by atoms with Crippen molar-refractivity contribution in [2.75, 3.05) is 13.2 Å². The molecule has 1 fully saturated rings. The zero-order valence-corrected chi connectivity index (χ0v) is 8.52. The van der Waals surface area contributed by atoms with Crippen LogP contribution in [-0.4, -0.2) is 29.3 Å². The second kappa shape index (κ2) is 3.66. The molecule has 0 aliphatic carbocycles. The summed E-state index contributed by atoms with van der Waals surface area (Å²) in [5.74, 6) is -0.552. The number of rotatable bonds is 2. The molecule has 2 heterocycles. The SMILES string of the molecule is CC1(c2nc(C(=O)O)co2)CCOCC1. The number of hydrogen-bond acceptors (Lipinski definition) is 4. The lowest BCUT2D eigenvalue weighted by molar-refractivity contribution is 0.0469. The summed E-state index contributed by atoms with van der Waals surface area (Å²) >= 11 is 0. The molecular formula is C10H13NO4. The predicted octanol–water partition coefficient (Wildman–Crippen LogP) is 1.44. The number of aromatic carboxylic acids is 1. The van der Waals surface area contributed by atoms with Crippen molar-refractivity contribution in [2.45, 2.75) is 25.2 Å². The van der Waals surface area contributed by atoms with E-state index in [1.54, 1.807) is 0 Å². The van der Waals surface area contributed by atoms with Crippen LogP contribution < -0.4 is 0 Å². The maximum absolute atomic E-state index is 10.7. The number of carboxylic acid groups (broad SMARTS) is 1. The van der Waals surface area contributed by atoms with E-state index >= 15 is 0 Å². The largest absolute Gasteiger partial charge is 0.476 e. The van der Waals surface area contributed by atoms with Gasteiger partial charge < -0.3 is 14.3 Å². The first kappa shape index (κ1) is 10.2. The molecule has 1 aliphatic rings. The van der Waals surface area contributed by atoms with Crippen LogP contribution >= 0.6 is 0 Å². The smallest absolute Gasteiger partial charge is 0.357 e. The van der Waals surface area contributed by atoms with Gasteiger partial charge in [-0.2, -0.15) is 0 Å². The lowest BCUT2D eigenvalue weighted by Gasteiger charge is -2.30. The van der Waals surface area contributed by atoms with Gasteiger partial charge in [0, 0.05) is 18.6 Å². The Labute approximate surface area is 87.1 Å². The summed E-state index contributed by atoms with van der Waals surface area (Å²) in [6.07, 6.45) is 2.82. The van der Waals surface area contributed by atoms with Crippen molar-refractivity contribution < 1.29 is 19.1 Å². The molecule has 1 aromatic rings. The second-order valence-corrected chi connectivity index (χ2v) is 4.02. The molecule has 82 valence electrons. The van der Waals surface area contributed by atoms with Crippen LogP contribution in [0, 0.1) is 0 Å². The molecule has 5 heteroatoms. The van der Waals surface area contributed by atoms with E-state index < -0.39 is 5.97 Å². The summed E-state index contributed by atoms with van der Waals surface area (Å²) in [6.45, 7) is 3.36. The first-order valence-electron chi connectivity index (χ1n) is 4.89. The first-order chi connectivity index (χ1) is 7.12. The predicted molar refractivity (Wildman–Crippen MR) is 50.9 cm³/mol. The fraction of sp³-hybridized carbons (Fsp3) is 0.600. The maximum Gasteiger partial charge on any atom is 0.357 e. The van der Waals surface area contributed by atoms with Crippen molar-refractivity contribution in [3.63, 3.8) is 0 Å². The van der Waals surface area contributed by atoms with Crippen molar-refractivity contribution in [2.24, 2.45) is 0 Å². The quantitative estimate of drug-likeness (QED) is 0.801. The minimum absolute atomic E-state index is 0.0299. The molecule has 0 atom stereocenters. The number of ether oxygens (including phenoxy) is 1. The number of nitrogens with zero attached hydrogens (tertiary/aromatic N) is 1. The fourth-order valence-electron chi connectivity index (χ4n) is 1.68. The molecule has 0 saturated carbocycles. The molecule has 1 N–H and O–H groups in total. The molecule has 0 radical (unpaired) electrons. The van der Waals surface area contributed by atoms with E-state index in [1.165, 1.54) is 6.26 Å². The average Bonchev–Trinajstić information content (AvgIpc) is 2.68. The van der Waals surface area contributed by atoms with Gasteiger partial charge in [0.25, 0.3) is 0 Å². The van der Waals surface area contributed by atoms with E-state index in [-0.39, 0.29) is 11.1 Å². The topological polar surface area (TPSA) is 72.6 Å². The van der Waals surface area contributed by atoms with Crippen LogP contribution in [0.15, 0.2) is 10.7 Å². The van der Waals surface area contributed by atoms with Gasteiger partial charge in [0.1, 0.15) is 6.26 Å². The van der Waals surface area contributed by atoms with Gasteiger partial charge in [-0.3, -0.25) is 0 Å². The average molecular weight is 211 g/mol. The molecule has 1 aliphatic heterocycles. The Bertz CT molecular complexity index is 365. The molecule has 2 rings (SSSR count). The van der Waals surface area contributed by atoms with Crippen LogP contribution in [0.2, 0.25) is 0 Å². The van der Waals surface area contributed by atoms with Crippen LogP contribution in [0.25, 0.3) is 0 Å². The Hall–Kier alpha value is -1.36. The minimum atomic E-state index is -1.05. The number of oxazole rings is 1. The van der Waals surface area contributed by atoms with E-state index in [0.29, 0.717) is 19.1 Å². The van der Waals surface area contributed by atoms with Gasteiger partial charge in [0.15, 0.2) is 5.69 Å². The molecule has 0 unspecified atom stereocenters. The zero-order valence-electron chi connectivity index (χ0n) is 8.52. The summed E-state index contributed by atoms with van der Waals surface area (Å²) in [5.41, 5.74) is -0.218. The number of aromatic nitrogens is 1. The van der Waals surface area contributed by atoms with Gasteiger partial charge in [0.05, 0.1) is 0 Å². The van der Waals surface area contributed by atoms with E-state index in [2.05, 4.69) is 4.98 Å². The van der Waals surface area contributed by atoms with Crippen molar-refractivity contribution in [3.05, 3.63) is 17.8 Å². The van der Waals surface area contributed by atoms with Gasteiger partial charge in [-0.1, -0.05) is 6.92 Å². The number of carbonyl (C=O) groups is 1. The van der Waals surface area contributed by atoms with Gasteiger partial charge >= 0.3 is 5.97 Å². The zero-order chi connectivity index (χ0) is 10.9. The highest BCUT2D eigenvalue weighted by Crippen LogP contribution is 2.33. The molecule has 0 spiro atoms. The summed E-state index contributed by atoms with van der Waals surface area (Å²) < 4.78 is 10.5. The van der Waals surface area contributed by atoms with Crippen LogP contribution in [0.3, 0.4) is 0 Å². The summed E-state index contributed by atoms with van der Waals surface area (Å²) in [5, 5.41) is 8.73. The van der Waals surface area contributed by atoms with Crippen LogP contribution in [-0.2, 0) is 10.2 Å². The Morgan fingerprint density at radius 3 is 2.73 bits per heavy atom. The molecule has 5 nitrogen and oxygen atoms in total. The fourth-order valence-corrected chi connectivity index (χ4v) is 1.68. The molecule has 0 bridgehead atoms.